The number of rotatable bonds is 5. The van der Waals surface area contributed by atoms with Gasteiger partial charge in [-0.2, -0.15) is 0 Å². The molecule has 0 radical (unpaired) electrons. The number of carbonyl (C=O) groups excluding carboxylic acids is 1. The minimum Gasteiger partial charge on any atom is -0.396 e. The molecule has 2 nitrogen and oxygen atoms in total. The Bertz CT molecular complexity index is 297. The van der Waals surface area contributed by atoms with Crippen LogP contribution in [-0.4, -0.2) is 29.1 Å². The van der Waals surface area contributed by atoms with Gasteiger partial charge in [-0.1, -0.05) is 12.1 Å². The quantitative estimate of drug-likeness (QED) is 0.479. The van der Waals surface area contributed by atoms with E-state index in [2.05, 4.69) is 0 Å². The summed E-state index contributed by atoms with van der Waals surface area (Å²) >= 11 is 6.98. The molecule has 0 saturated carbocycles. The average molecular weight is 231 g/mol. The summed E-state index contributed by atoms with van der Waals surface area (Å²) in [5.74, 6) is 0.622. The van der Waals surface area contributed by atoms with E-state index in [0.29, 0.717) is 11.3 Å². The molecular weight excluding hydrogens is 220 g/mol. The van der Waals surface area contributed by atoms with Gasteiger partial charge in [0.1, 0.15) is 0 Å². The fourth-order valence-electron chi connectivity index (χ4n) is 0.978. The van der Waals surface area contributed by atoms with Crippen LogP contribution in [0.15, 0.2) is 29.2 Å². The van der Waals surface area contributed by atoms with E-state index in [1.165, 1.54) is 0 Å². The van der Waals surface area contributed by atoms with Gasteiger partial charge in [0.2, 0.25) is 0 Å². The van der Waals surface area contributed by atoms with Crippen LogP contribution in [0.1, 0.15) is 10.4 Å². The zero-order valence-corrected chi connectivity index (χ0v) is 9.14. The predicted octanol–water partition coefficient (Wildman–Crippen LogP) is 2.19. The van der Waals surface area contributed by atoms with Gasteiger partial charge in [-0.05, 0) is 12.1 Å². The fourth-order valence-corrected chi connectivity index (χ4v) is 1.79. The van der Waals surface area contributed by atoms with Gasteiger partial charge in [0.05, 0.1) is 12.5 Å². The summed E-state index contributed by atoms with van der Waals surface area (Å²) in [4.78, 5) is 12.2. The number of aliphatic hydroxyl groups is 1. The summed E-state index contributed by atoms with van der Waals surface area (Å²) in [5, 5.41) is 8.62. The van der Waals surface area contributed by atoms with Crippen molar-refractivity contribution in [3.05, 3.63) is 29.8 Å². The van der Waals surface area contributed by atoms with Gasteiger partial charge in [0, 0.05) is 16.2 Å². The second-order valence-corrected chi connectivity index (χ2v) is 4.09. The van der Waals surface area contributed by atoms with Crippen LogP contribution in [0, 0.1) is 0 Å². The van der Waals surface area contributed by atoms with Gasteiger partial charge in [0.25, 0.3) is 0 Å². The molecule has 0 spiro atoms. The summed E-state index contributed by atoms with van der Waals surface area (Å²) in [5.41, 5.74) is 0.633. The van der Waals surface area contributed by atoms with Crippen molar-refractivity contribution in [2.45, 2.75) is 4.90 Å². The van der Waals surface area contributed by atoms with Gasteiger partial charge < -0.3 is 5.11 Å². The molecule has 1 rings (SSSR count). The third-order valence-corrected chi connectivity index (χ3v) is 2.89. The number of hydrogen-bond donors (Lipinski definition) is 1. The molecule has 0 fully saturated rings. The van der Waals surface area contributed by atoms with Crippen molar-refractivity contribution >= 4 is 29.1 Å². The number of ketones is 1. The van der Waals surface area contributed by atoms with E-state index in [4.69, 9.17) is 16.7 Å². The molecule has 4 heteroatoms. The van der Waals surface area contributed by atoms with E-state index < -0.39 is 0 Å². The highest BCUT2D eigenvalue weighted by atomic mass is 35.5. The Balaban J connectivity index is 2.63. The van der Waals surface area contributed by atoms with E-state index >= 15 is 0 Å². The number of carbonyl (C=O) groups is 1. The average Bonchev–Trinajstić information content (AvgIpc) is 2.26. The topological polar surface area (TPSA) is 37.3 Å². The Morgan fingerprint density at radius 2 is 2.00 bits per heavy atom. The van der Waals surface area contributed by atoms with Crippen LogP contribution in [-0.2, 0) is 0 Å². The Hall–Kier alpha value is -0.510. The van der Waals surface area contributed by atoms with Crippen molar-refractivity contribution in [2.24, 2.45) is 0 Å². The molecule has 0 atom stereocenters. The lowest BCUT2D eigenvalue weighted by Crippen LogP contribution is -1.99. The number of thioether (sulfide) groups is 1. The maximum absolute atomic E-state index is 11.2. The van der Waals surface area contributed by atoms with E-state index in [1.54, 1.807) is 23.9 Å². The third-order valence-electron chi connectivity index (χ3n) is 1.66. The minimum atomic E-state index is -0.0645. The summed E-state index contributed by atoms with van der Waals surface area (Å²) in [6, 6.07) is 7.23. The molecule has 0 heterocycles. The Kier molecular flexibility index (Phi) is 5.01. The lowest BCUT2D eigenvalue weighted by Gasteiger charge is -2.00. The summed E-state index contributed by atoms with van der Waals surface area (Å²) in [7, 11) is 0. The smallest absolute Gasteiger partial charge is 0.177 e. The van der Waals surface area contributed by atoms with E-state index in [1.807, 2.05) is 12.1 Å². The number of alkyl halides is 1. The normalized spacial score (nSPS) is 10.1. The van der Waals surface area contributed by atoms with Gasteiger partial charge in [-0.15, -0.1) is 23.4 Å². The molecule has 76 valence electrons. The molecular formula is C10H11ClO2S. The Morgan fingerprint density at radius 3 is 2.50 bits per heavy atom. The molecule has 0 bridgehead atoms. The molecule has 1 aromatic rings. The Morgan fingerprint density at radius 1 is 1.36 bits per heavy atom. The first-order valence-electron chi connectivity index (χ1n) is 4.21. The van der Waals surface area contributed by atoms with Gasteiger partial charge in [-0.25, -0.2) is 0 Å². The van der Waals surface area contributed by atoms with Crippen molar-refractivity contribution < 1.29 is 9.90 Å². The van der Waals surface area contributed by atoms with Crippen molar-refractivity contribution in [3.8, 4) is 0 Å². The first-order chi connectivity index (χ1) is 6.77. The predicted molar refractivity (Wildman–Crippen MR) is 59.3 cm³/mol. The molecule has 14 heavy (non-hydrogen) atoms. The lowest BCUT2D eigenvalue weighted by atomic mass is 10.1. The SMILES string of the molecule is O=C(CCl)c1ccc(SCCO)cc1. The van der Waals surface area contributed by atoms with E-state index in [9.17, 15) is 4.79 Å². The van der Waals surface area contributed by atoms with Crippen molar-refractivity contribution in [3.63, 3.8) is 0 Å². The maximum atomic E-state index is 11.2. The van der Waals surface area contributed by atoms with Crippen LogP contribution in [0.3, 0.4) is 0 Å². The van der Waals surface area contributed by atoms with Crippen LogP contribution in [0.2, 0.25) is 0 Å². The highest BCUT2D eigenvalue weighted by Gasteiger charge is 2.03. The van der Waals surface area contributed by atoms with Gasteiger partial charge in [0.15, 0.2) is 5.78 Å². The molecule has 0 unspecified atom stereocenters. The summed E-state index contributed by atoms with van der Waals surface area (Å²) < 4.78 is 0. The van der Waals surface area contributed by atoms with E-state index in [0.717, 1.165) is 4.90 Å². The van der Waals surface area contributed by atoms with Crippen molar-refractivity contribution in [1.29, 1.82) is 0 Å². The number of hydrogen-bond acceptors (Lipinski definition) is 3. The number of Topliss-reactive ketones (excluding diaryl/α,β-unsaturated/α-hetero) is 1. The number of benzene rings is 1. The third kappa shape index (κ3) is 3.33. The molecule has 0 aliphatic rings. The van der Waals surface area contributed by atoms with E-state index in [-0.39, 0.29) is 18.3 Å². The number of halogens is 1. The molecule has 0 aliphatic carbocycles. The second-order valence-electron chi connectivity index (χ2n) is 2.65. The van der Waals surface area contributed by atoms with Crippen LogP contribution in [0.25, 0.3) is 0 Å². The molecule has 0 aliphatic heterocycles. The first kappa shape index (κ1) is 11.6. The van der Waals surface area contributed by atoms with Crippen molar-refractivity contribution in [2.75, 3.05) is 18.2 Å². The largest absolute Gasteiger partial charge is 0.396 e. The lowest BCUT2D eigenvalue weighted by molar-refractivity contribution is 0.102. The van der Waals surface area contributed by atoms with Gasteiger partial charge in [-0.3, -0.25) is 4.79 Å². The zero-order valence-electron chi connectivity index (χ0n) is 7.57. The molecule has 1 N–H and O–H groups in total. The van der Waals surface area contributed by atoms with Crippen LogP contribution in [0.4, 0.5) is 0 Å². The molecule has 0 amide bonds. The van der Waals surface area contributed by atoms with Crippen LogP contribution in [0.5, 0.6) is 0 Å². The molecule has 0 saturated heterocycles. The highest BCUT2D eigenvalue weighted by molar-refractivity contribution is 7.99. The maximum Gasteiger partial charge on any atom is 0.177 e. The van der Waals surface area contributed by atoms with Crippen LogP contribution < -0.4 is 0 Å². The van der Waals surface area contributed by atoms with Gasteiger partial charge >= 0.3 is 0 Å². The second kappa shape index (κ2) is 6.06. The summed E-state index contributed by atoms with van der Waals surface area (Å²) in [6.45, 7) is 0.160. The highest BCUT2D eigenvalue weighted by Crippen LogP contribution is 2.18. The standard InChI is InChI=1S/C10H11ClO2S/c11-7-10(13)8-1-3-9(4-2-8)14-6-5-12/h1-4,12H,5-7H2. The van der Waals surface area contributed by atoms with Crippen molar-refractivity contribution in [1.82, 2.24) is 0 Å². The Labute approximate surface area is 92.3 Å². The summed E-state index contributed by atoms with van der Waals surface area (Å²) in [6.07, 6.45) is 0. The fraction of sp³-hybridized carbons (Fsp3) is 0.300. The number of aliphatic hydroxyl groups excluding tert-OH is 1. The van der Waals surface area contributed by atoms with Crippen LogP contribution >= 0.6 is 23.4 Å². The monoisotopic (exact) mass is 230 g/mol. The zero-order chi connectivity index (χ0) is 10.4. The first-order valence-corrected chi connectivity index (χ1v) is 5.73. The molecule has 0 aromatic heterocycles. The minimum absolute atomic E-state index is 0.0170. The molecule has 1 aromatic carbocycles.